The standard InChI is InChI=1S/C30H26N2O6/c1-2-3-16-38-30(36)19-10-12-20(13-11-19)32-28(34)23-24(29(32)35)26(27(33)22-9-6-17-37-22)31-15-14-18-7-4-5-8-21(18)25(23)31/h4-15,17,23-26H,2-3,16H2,1H3/t23-,24+,25+,26-/m0/s1. The minimum Gasteiger partial charge on any atom is -0.462 e. The summed E-state index contributed by atoms with van der Waals surface area (Å²) in [5, 5.41) is 0. The lowest BCUT2D eigenvalue weighted by molar-refractivity contribution is -0.123. The maximum atomic E-state index is 13.9. The second-order valence-electron chi connectivity index (χ2n) is 9.72. The van der Waals surface area contributed by atoms with E-state index in [0.717, 1.165) is 28.9 Å². The SMILES string of the molecule is CCCCOC(=O)c1ccc(N2C(=O)[C@@H]3[C@H](C2=O)[C@H]2c4ccccc4C=CN2[C@@H]3C(=O)c2ccco2)cc1. The number of carbonyl (C=O) groups excluding carboxylic acids is 4. The molecule has 0 saturated carbocycles. The monoisotopic (exact) mass is 510 g/mol. The minimum absolute atomic E-state index is 0.145. The quantitative estimate of drug-likeness (QED) is 0.198. The van der Waals surface area contributed by atoms with Crippen LogP contribution in [0.5, 0.6) is 0 Å². The third-order valence-electron chi connectivity index (χ3n) is 7.59. The molecule has 3 aliphatic rings. The van der Waals surface area contributed by atoms with Crippen LogP contribution in [0.2, 0.25) is 0 Å². The van der Waals surface area contributed by atoms with Crippen LogP contribution in [0.15, 0.2) is 77.5 Å². The Kier molecular flexibility index (Phi) is 5.94. The maximum Gasteiger partial charge on any atom is 0.338 e. The number of Topliss-reactive ketones (excluding diaryl/α,β-unsaturated/α-hetero) is 1. The van der Waals surface area contributed by atoms with Crippen LogP contribution in [0.25, 0.3) is 6.08 Å². The molecule has 192 valence electrons. The van der Waals surface area contributed by atoms with Gasteiger partial charge in [0.15, 0.2) is 5.76 Å². The molecule has 2 fully saturated rings. The van der Waals surface area contributed by atoms with E-state index in [1.165, 1.54) is 6.26 Å². The number of carbonyl (C=O) groups is 4. The molecule has 1 aromatic heterocycles. The molecule has 0 bridgehead atoms. The number of hydrogen-bond acceptors (Lipinski definition) is 7. The van der Waals surface area contributed by atoms with Gasteiger partial charge in [-0.3, -0.25) is 14.4 Å². The molecule has 2 amide bonds. The molecule has 0 unspecified atom stereocenters. The highest BCUT2D eigenvalue weighted by Gasteiger charge is 2.64. The molecule has 0 spiro atoms. The highest BCUT2D eigenvalue weighted by atomic mass is 16.5. The van der Waals surface area contributed by atoms with Crippen molar-refractivity contribution in [1.82, 2.24) is 4.90 Å². The van der Waals surface area contributed by atoms with Crippen LogP contribution in [0.3, 0.4) is 0 Å². The first-order chi connectivity index (χ1) is 18.5. The molecular formula is C30H26N2O6. The molecule has 3 aliphatic heterocycles. The molecule has 4 heterocycles. The van der Waals surface area contributed by atoms with Gasteiger partial charge in [0.05, 0.1) is 42.0 Å². The van der Waals surface area contributed by atoms with Crippen molar-refractivity contribution in [2.75, 3.05) is 11.5 Å². The summed E-state index contributed by atoms with van der Waals surface area (Å²) in [5.74, 6) is -3.10. The summed E-state index contributed by atoms with van der Waals surface area (Å²) in [4.78, 5) is 56.8. The van der Waals surface area contributed by atoms with Crippen LogP contribution >= 0.6 is 0 Å². The van der Waals surface area contributed by atoms with Gasteiger partial charge in [-0.05, 0) is 60.0 Å². The van der Waals surface area contributed by atoms with Crippen LogP contribution in [-0.4, -0.2) is 41.1 Å². The van der Waals surface area contributed by atoms with E-state index in [1.54, 1.807) is 42.6 Å². The Bertz CT molecular complexity index is 1440. The number of esters is 1. The lowest BCUT2D eigenvalue weighted by atomic mass is 9.84. The van der Waals surface area contributed by atoms with E-state index in [1.807, 2.05) is 42.2 Å². The van der Waals surface area contributed by atoms with E-state index in [0.29, 0.717) is 17.9 Å². The fourth-order valence-electron chi connectivity index (χ4n) is 5.82. The van der Waals surface area contributed by atoms with Crippen molar-refractivity contribution in [2.24, 2.45) is 11.8 Å². The number of ketones is 1. The van der Waals surface area contributed by atoms with Gasteiger partial charge in [0.1, 0.15) is 6.04 Å². The van der Waals surface area contributed by atoms with Crippen LogP contribution in [0.4, 0.5) is 5.69 Å². The number of imide groups is 1. The molecule has 3 aromatic rings. The van der Waals surface area contributed by atoms with Gasteiger partial charge in [-0.25, -0.2) is 9.69 Å². The van der Waals surface area contributed by atoms with Gasteiger partial charge in [0.2, 0.25) is 17.6 Å². The molecule has 2 aromatic carbocycles. The number of anilines is 1. The minimum atomic E-state index is -0.893. The van der Waals surface area contributed by atoms with Gasteiger partial charge in [0, 0.05) is 6.20 Å². The Balaban J connectivity index is 1.36. The summed E-state index contributed by atoms with van der Waals surface area (Å²) in [6.07, 6.45) is 6.82. The Morgan fingerprint density at radius 3 is 2.45 bits per heavy atom. The van der Waals surface area contributed by atoms with E-state index < -0.39 is 35.8 Å². The van der Waals surface area contributed by atoms with E-state index in [9.17, 15) is 19.2 Å². The third-order valence-corrected chi connectivity index (χ3v) is 7.59. The van der Waals surface area contributed by atoms with Gasteiger partial charge in [-0.2, -0.15) is 0 Å². The van der Waals surface area contributed by atoms with E-state index >= 15 is 0 Å². The summed E-state index contributed by atoms with van der Waals surface area (Å²) in [7, 11) is 0. The predicted molar refractivity (Wildman–Crippen MR) is 138 cm³/mol. The van der Waals surface area contributed by atoms with Gasteiger partial charge in [-0.15, -0.1) is 0 Å². The van der Waals surface area contributed by atoms with Gasteiger partial charge in [0.25, 0.3) is 0 Å². The molecule has 0 aliphatic carbocycles. The van der Waals surface area contributed by atoms with Crippen LogP contribution < -0.4 is 4.90 Å². The molecule has 2 saturated heterocycles. The van der Waals surface area contributed by atoms with Crippen LogP contribution in [-0.2, 0) is 14.3 Å². The maximum absolute atomic E-state index is 13.9. The number of amides is 2. The molecule has 6 rings (SSSR count). The number of benzene rings is 2. The summed E-state index contributed by atoms with van der Waals surface area (Å²) in [5.41, 5.74) is 2.54. The normalized spacial score (nSPS) is 23.3. The number of unbranched alkanes of at least 4 members (excludes halogenated alkanes) is 1. The van der Waals surface area contributed by atoms with Crippen molar-refractivity contribution >= 4 is 35.3 Å². The lowest BCUT2D eigenvalue weighted by Gasteiger charge is -2.35. The second-order valence-corrected chi connectivity index (χ2v) is 9.72. The zero-order chi connectivity index (χ0) is 26.4. The first-order valence-electron chi connectivity index (χ1n) is 12.8. The van der Waals surface area contributed by atoms with Gasteiger partial charge in [-0.1, -0.05) is 37.6 Å². The number of rotatable bonds is 7. The van der Waals surface area contributed by atoms with Crippen molar-refractivity contribution in [3.05, 3.63) is 95.6 Å². The number of nitrogens with zero attached hydrogens (tertiary/aromatic N) is 2. The second kappa shape index (κ2) is 9.45. The van der Waals surface area contributed by atoms with Crippen molar-refractivity contribution in [3.63, 3.8) is 0 Å². The average molecular weight is 511 g/mol. The number of furan rings is 1. The average Bonchev–Trinajstić information content (AvgIpc) is 3.65. The molecule has 4 atom stereocenters. The van der Waals surface area contributed by atoms with Crippen molar-refractivity contribution in [3.8, 4) is 0 Å². The Hall–Kier alpha value is -4.46. The summed E-state index contributed by atoms with van der Waals surface area (Å²) in [6, 6.07) is 15.8. The lowest BCUT2D eigenvalue weighted by Crippen LogP contribution is -2.44. The predicted octanol–water partition coefficient (Wildman–Crippen LogP) is 4.63. The fraction of sp³-hybridized carbons (Fsp3) is 0.267. The first-order valence-corrected chi connectivity index (χ1v) is 12.8. The highest BCUT2D eigenvalue weighted by molar-refractivity contribution is 6.24. The van der Waals surface area contributed by atoms with Crippen molar-refractivity contribution in [1.29, 1.82) is 0 Å². The van der Waals surface area contributed by atoms with Crippen molar-refractivity contribution in [2.45, 2.75) is 31.8 Å². The summed E-state index contributed by atoms with van der Waals surface area (Å²) >= 11 is 0. The number of fused-ring (bicyclic) bond motifs is 5. The van der Waals surface area contributed by atoms with Crippen LogP contribution in [0, 0.1) is 11.8 Å². The molecule has 0 N–H and O–H groups in total. The summed E-state index contributed by atoms with van der Waals surface area (Å²) < 4.78 is 10.7. The Morgan fingerprint density at radius 2 is 1.71 bits per heavy atom. The fourth-order valence-corrected chi connectivity index (χ4v) is 5.82. The Morgan fingerprint density at radius 1 is 0.947 bits per heavy atom. The molecule has 8 nitrogen and oxygen atoms in total. The number of hydrogen-bond donors (Lipinski definition) is 0. The van der Waals surface area contributed by atoms with E-state index in [-0.39, 0.29) is 17.5 Å². The van der Waals surface area contributed by atoms with Crippen molar-refractivity contribution < 1.29 is 28.3 Å². The summed E-state index contributed by atoms with van der Waals surface area (Å²) in [6.45, 7) is 2.35. The largest absolute Gasteiger partial charge is 0.462 e. The van der Waals surface area contributed by atoms with Crippen LogP contribution in [0.1, 0.15) is 57.8 Å². The van der Waals surface area contributed by atoms with E-state index in [2.05, 4.69) is 0 Å². The zero-order valence-corrected chi connectivity index (χ0v) is 20.8. The smallest absolute Gasteiger partial charge is 0.338 e. The molecule has 8 heteroatoms. The molecule has 38 heavy (non-hydrogen) atoms. The third kappa shape index (κ3) is 3.67. The molecule has 0 radical (unpaired) electrons. The Labute approximate surface area is 219 Å². The number of ether oxygens (including phenoxy) is 1. The van der Waals surface area contributed by atoms with E-state index in [4.69, 9.17) is 9.15 Å². The van der Waals surface area contributed by atoms with Gasteiger partial charge < -0.3 is 14.1 Å². The highest BCUT2D eigenvalue weighted by Crippen LogP contribution is 2.53. The van der Waals surface area contributed by atoms with Gasteiger partial charge >= 0.3 is 5.97 Å². The molecular weight excluding hydrogens is 484 g/mol. The zero-order valence-electron chi connectivity index (χ0n) is 20.8. The first kappa shape index (κ1) is 23.9. The topological polar surface area (TPSA) is 97.1 Å².